The maximum atomic E-state index is 12.5. The molecule has 0 heterocycles. The van der Waals surface area contributed by atoms with E-state index in [0.717, 1.165) is 8.04 Å². The minimum absolute atomic E-state index is 0.311. The summed E-state index contributed by atoms with van der Waals surface area (Å²) in [7, 11) is 1.55. The van der Waals surface area contributed by atoms with E-state index < -0.39 is 5.97 Å². The summed E-state index contributed by atoms with van der Waals surface area (Å²) in [5, 5.41) is 4.00. The zero-order valence-corrected chi connectivity index (χ0v) is 19.5. The Balaban J connectivity index is 1.73. The number of hydrazone groups is 1. The van der Waals surface area contributed by atoms with Crippen LogP contribution in [0.4, 0.5) is 0 Å². The Kier molecular flexibility index (Phi) is 7.58. The predicted molar refractivity (Wildman–Crippen MR) is 126 cm³/mol. The number of carbonyl (C=O) groups excluding carboxylic acids is 2. The molecule has 0 atom stereocenters. The molecule has 3 rings (SSSR count). The van der Waals surface area contributed by atoms with Crippen LogP contribution in [0.2, 0.25) is 0 Å². The van der Waals surface area contributed by atoms with Gasteiger partial charge in [-0.15, -0.1) is 0 Å². The predicted octanol–water partition coefficient (Wildman–Crippen LogP) is 5.05. The Hall–Kier alpha value is -2.72. The molecule has 0 unspecified atom stereocenters. The van der Waals surface area contributed by atoms with Crippen LogP contribution in [-0.2, 0) is 0 Å². The van der Waals surface area contributed by atoms with Crippen molar-refractivity contribution in [1.29, 1.82) is 0 Å². The van der Waals surface area contributed by atoms with Gasteiger partial charge in [0.25, 0.3) is 5.91 Å². The third kappa shape index (κ3) is 5.90. The Bertz CT molecular complexity index is 1100. The number of methoxy groups -OCH3 is 1. The summed E-state index contributed by atoms with van der Waals surface area (Å²) in [6.07, 6.45) is 1.42. The number of ether oxygens (including phenoxy) is 2. The van der Waals surface area contributed by atoms with Gasteiger partial charge in [-0.25, -0.2) is 10.2 Å². The first-order valence-corrected chi connectivity index (χ1v) is 10.6. The van der Waals surface area contributed by atoms with E-state index in [1.54, 1.807) is 67.8 Å². The van der Waals surface area contributed by atoms with Crippen molar-refractivity contribution in [3.63, 3.8) is 0 Å². The Morgan fingerprint density at radius 2 is 1.80 bits per heavy atom. The molecule has 0 saturated heterocycles. The SMILES string of the molecule is COc1ccc(C(=O)Oc2ccc(Br)cc2/C=N\NC(=O)c2cccc(I)c2)cc1. The Labute approximate surface area is 195 Å². The number of carbonyl (C=O) groups is 2. The largest absolute Gasteiger partial charge is 0.497 e. The molecule has 30 heavy (non-hydrogen) atoms. The summed E-state index contributed by atoms with van der Waals surface area (Å²) in [5.74, 6) is 0.104. The van der Waals surface area contributed by atoms with Crippen LogP contribution in [0.3, 0.4) is 0 Å². The summed E-state index contributed by atoms with van der Waals surface area (Å²) in [5.41, 5.74) is 3.88. The van der Waals surface area contributed by atoms with Gasteiger partial charge in [-0.05, 0) is 83.3 Å². The highest BCUT2D eigenvalue weighted by molar-refractivity contribution is 14.1. The van der Waals surface area contributed by atoms with E-state index in [4.69, 9.17) is 9.47 Å². The molecule has 0 aliphatic heterocycles. The van der Waals surface area contributed by atoms with E-state index in [9.17, 15) is 9.59 Å². The molecular formula is C22H16BrIN2O4. The molecule has 3 aromatic rings. The van der Waals surface area contributed by atoms with Crippen LogP contribution >= 0.6 is 38.5 Å². The second kappa shape index (κ2) is 10.4. The number of hydrogen-bond acceptors (Lipinski definition) is 5. The average molecular weight is 579 g/mol. The van der Waals surface area contributed by atoms with Gasteiger partial charge in [0.15, 0.2) is 0 Å². The standard InChI is InChI=1S/C22H16BrIN2O4/c1-29-19-8-5-14(6-9-19)22(28)30-20-10-7-17(23)11-16(20)13-25-26-21(27)15-3-2-4-18(24)12-15/h2-13H,1H3,(H,26,27)/b25-13-. The van der Waals surface area contributed by atoms with Crippen LogP contribution in [0.5, 0.6) is 11.5 Å². The lowest BCUT2D eigenvalue weighted by Crippen LogP contribution is -2.17. The third-order valence-corrected chi connectivity index (χ3v) is 5.12. The van der Waals surface area contributed by atoms with Crippen molar-refractivity contribution >= 4 is 56.6 Å². The van der Waals surface area contributed by atoms with E-state index in [0.29, 0.717) is 28.2 Å². The summed E-state index contributed by atoms with van der Waals surface area (Å²) < 4.78 is 12.3. The van der Waals surface area contributed by atoms with Gasteiger partial charge in [-0.3, -0.25) is 4.79 Å². The first kappa shape index (κ1) is 22.0. The van der Waals surface area contributed by atoms with Crippen molar-refractivity contribution < 1.29 is 19.1 Å². The number of amides is 1. The number of rotatable bonds is 6. The molecule has 0 saturated carbocycles. The molecule has 3 aromatic carbocycles. The average Bonchev–Trinajstić information content (AvgIpc) is 2.75. The van der Waals surface area contributed by atoms with Gasteiger partial charge < -0.3 is 9.47 Å². The van der Waals surface area contributed by atoms with Crippen molar-refractivity contribution in [2.75, 3.05) is 7.11 Å². The van der Waals surface area contributed by atoms with Gasteiger partial charge in [0.05, 0.1) is 18.9 Å². The lowest BCUT2D eigenvalue weighted by atomic mass is 10.2. The van der Waals surface area contributed by atoms with Gasteiger partial charge in [0.2, 0.25) is 0 Å². The Morgan fingerprint density at radius 3 is 2.50 bits per heavy atom. The monoisotopic (exact) mass is 578 g/mol. The summed E-state index contributed by atoms with van der Waals surface area (Å²) in [6.45, 7) is 0. The van der Waals surface area contributed by atoms with Gasteiger partial charge in [-0.2, -0.15) is 5.10 Å². The highest BCUT2D eigenvalue weighted by atomic mass is 127. The molecule has 0 fully saturated rings. The quantitative estimate of drug-likeness (QED) is 0.146. The number of halogens is 2. The van der Waals surface area contributed by atoms with Crippen molar-refractivity contribution in [3.05, 3.63) is 91.5 Å². The van der Waals surface area contributed by atoms with E-state index in [-0.39, 0.29) is 5.91 Å². The molecule has 1 N–H and O–H groups in total. The second-order valence-electron chi connectivity index (χ2n) is 6.01. The van der Waals surface area contributed by atoms with Crippen molar-refractivity contribution in [2.24, 2.45) is 5.10 Å². The minimum atomic E-state index is -0.516. The Morgan fingerprint density at radius 1 is 1.03 bits per heavy atom. The van der Waals surface area contributed by atoms with E-state index in [1.807, 2.05) is 6.07 Å². The molecule has 0 aliphatic carbocycles. The molecule has 1 amide bonds. The zero-order valence-electron chi connectivity index (χ0n) is 15.8. The van der Waals surface area contributed by atoms with Crippen molar-refractivity contribution in [2.45, 2.75) is 0 Å². The van der Waals surface area contributed by atoms with Crippen LogP contribution in [0, 0.1) is 3.57 Å². The van der Waals surface area contributed by atoms with Crippen LogP contribution in [0.1, 0.15) is 26.3 Å². The fraction of sp³-hybridized carbons (Fsp3) is 0.0455. The molecular weight excluding hydrogens is 563 g/mol. The third-order valence-electron chi connectivity index (χ3n) is 3.96. The summed E-state index contributed by atoms with van der Waals surface area (Å²) in [6, 6.07) is 18.9. The minimum Gasteiger partial charge on any atom is -0.497 e. The lowest BCUT2D eigenvalue weighted by molar-refractivity contribution is 0.0734. The lowest BCUT2D eigenvalue weighted by Gasteiger charge is -2.08. The van der Waals surface area contributed by atoms with E-state index in [2.05, 4.69) is 49.0 Å². The molecule has 6 nitrogen and oxygen atoms in total. The van der Waals surface area contributed by atoms with Crippen LogP contribution < -0.4 is 14.9 Å². The molecule has 0 aliphatic rings. The second-order valence-corrected chi connectivity index (χ2v) is 8.17. The molecule has 0 bridgehead atoms. The van der Waals surface area contributed by atoms with Crippen LogP contribution in [0.25, 0.3) is 0 Å². The summed E-state index contributed by atoms with van der Waals surface area (Å²) >= 11 is 5.52. The number of nitrogens with zero attached hydrogens (tertiary/aromatic N) is 1. The number of hydrogen-bond donors (Lipinski definition) is 1. The maximum absolute atomic E-state index is 12.5. The van der Waals surface area contributed by atoms with Gasteiger partial charge >= 0.3 is 5.97 Å². The van der Waals surface area contributed by atoms with Crippen molar-refractivity contribution in [1.82, 2.24) is 5.43 Å². The number of nitrogens with one attached hydrogen (secondary N) is 1. The molecule has 152 valence electrons. The highest BCUT2D eigenvalue weighted by Crippen LogP contribution is 2.23. The van der Waals surface area contributed by atoms with Crippen LogP contribution in [0.15, 0.2) is 76.3 Å². The maximum Gasteiger partial charge on any atom is 0.343 e. The van der Waals surface area contributed by atoms with Gasteiger partial charge in [-0.1, -0.05) is 22.0 Å². The van der Waals surface area contributed by atoms with E-state index in [1.165, 1.54) is 6.21 Å². The molecule has 0 aromatic heterocycles. The number of esters is 1. The summed E-state index contributed by atoms with van der Waals surface area (Å²) in [4.78, 5) is 24.7. The van der Waals surface area contributed by atoms with Gasteiger partial charge in [0.1, 0.15) is 11.5 Å². The fourth-order valence-electron chi connectivity index (χ4n) is 2.45. The highest BCUT2D eigenvalue weighted by Gasteiger charge is 2.12. The first-order chi connectivity index (χ1) is 14.5. The first-order valence-electron chi connectivity index (χ1n) is 8.71. The molecule has 8 heteroatoms. The molecule has 0 spiro atoms. The number of benzene rings is 3. The van der Waals surface area contributed by atoms with E-state index >= 15 is 0 Å². The van der Waals surface area contributed by atoms with Crippen molar-refractivity contribution in [3.8, 4) is 11.5 Å². The zero-order chi connectivity index (χ0) is 21.5. The topological polar surface area (TPSA) is 77.0 Å². The fourth-order valence-corrected chi connectivity index (χ4v) is 3.38. The molecule has 0 radical (unpaired) electrons. The van der Waals surface area contributed by atoms with Crippen LogP contribution in [-0.4, -0.2) is 25.2 Å². The van der Waals surface area contributed by atoms with Gasteiger partial charge in [0, 0.05) is 19.2 Å². The smallest absolute Gasteiger partial charge is 0.343 e. The normalized spacial score (nSPS) is 10.6.